The van der Waals surface area contributed by atoms with Crippen molar-refractivity contribution in [1.29, 1.82) is 0 Å². The summed E-state index contributed by atoms with van der Waals surface area (Å²) < 4.78 is 86.9. The number of hydrogen-bond acceptors (Lipinski definition) is 7. The maximum absolute atomic E-state index is 15.5. The molecule has 1 saturated heterocycles. The molecule has 3 aromatic heterocycles. The maximum Gasteiger partial charge on any atom is 0.256 e. The van der Waals surface area contributed by atoms with Gasteiger partial charge < -0.3 is 24.6 Å². The number of carbonyl (C=O) groups excluding carboxylic acids is 1. The van der Waals surface area contributed by atoms with Crippen molar-refractivity contribution in [3.63, 3.8) is 0 Å². The molecule has 38 heavy (non-hydrogen) atoms. The van der Waals surface area contributed by atoms with Crippen molar-refractivity contribution in [2.45, 2.75) is 38.5 Å². The molecule has 1 fully saturated rings. The van der Waals surface area contributed by atoms with Gasteiger partial charge in [-0.2, -0.15) is 4.98 Å². The number of carbonyl (C=O) groups is 1. The number of rotatable bonds is 7. The molecule has 0 saturated carbocycles. The molecule has 14 heteroatoms. The number of aromatic nitrogens is 5. The fraction of sp³-hybridized carbons (Fsp3) is 0.417. The van der Waals surface area contributed by atoms with Crippen molar-refractivity contribution in [2.24, 2.45) is 0 Å². The van der Waals surface area contributed by atoms with E-state index in [-0.39, 0.29) is 42.1 Å². The summed E-state index contributed by atoms with van der Waals surface area (Å²) in [6.07, 6.45) is -3.14. The molecule has 202 valence electrons. The van der Waals surface area contributed by atoms with Gasteiger partial charge >= 0.3 is 0 Å². The average Bonchev–Trinajstić information content (AvgIpc) is 3.38. The van der Waals surface area contributed by atoms with Gasteiger partial charge in [0.15, 0.2) is 5.82 Å². The third-order valence-corrected chi connectivity index (χ3v) is 6.54. The number of imidazole rings is 1. The summed E-state index contributed by atoms with van der Waals surface area (Å²) in [6, 6.07) is 3.60. The Morgan fingerprint density at radius 2 is 2.18 bits per heavy atom. The number of alkyl halides is 3. The van der Waals surface area contributed by atoms with Crippen molar-refractivity contribution < 1.29 is 36.3 Å². The first-order valence-electron chi connectivity index (χ1n) is 13.2. The Bertz CT molecular complexity index is 1610. The van der Waals surface area contributed by atoms with Crippen LogP contribution in [0.25, 0.3) is 27.7 Å². The van der Waals surface area contributed by atoms with Crippen LogP contribution in [-0.4, -0.2) is 85.4 Å². The maximum atomic E-state index is 15.5. The van der Waals surface area contributed by atoms with Crippen molar-refractivity contribution in [3.05, 3.63) is 36.0 Å². The average molecular weight is 539 g/mol. The van der Waals surface area contributed by atoms with E-state index in [1.165, 1.54) is 27.7 Å². The molecule has 1 amide bonds. The highest BCUT2D eigenvalue weighted by atomic mass is 19.3. The van der Waals surface area contributed by atoms with Gasteiger partial charge in [0.25, 0.3) is 6.43 Å². The Morgan fingerprint density at radius 1 is 1.37 bits per heavy atom. The van der Waals surface area contributed by atoms with Crippen molar-refractivity contribution in [2.75, 3.05) is 32.1 Å². The largest absolute Gasteiger partial charge is 0.479 e. The van der Waals surface area contributed by atoms with Crippen molar-refractivity contribution in [3.8, 4) is 17.0 Å². The molecule has 2 atom stereocenters. The summed E-state index contributed by atoms with van der Waals surface area (Å²) in [6.45, 7) is 0.0501. The number of aliphatic hydroxyl groups excluding tert-OH is 1. The Hall–Kier alpha value is -3.94. The lowest BCUT2D eigenvalue weighted by Gasteiger charge is -2.34. The third kappa shape index (κ3) is 4.59. The summed E-state index contributed by atoms with van der Waals surface area (Å²) in [5.41, 5.74) is 0.638. The van der Waals surface area contributed by atoms with Crippen LogP contribution in [0.3, 0.4) is 0 Å². The first-order valence-corrected chi connectivity index (χ1v) is 11.7. The van der Waals surface area contributed by atoms with E-state index in [1.807, 2.05) is 0 Å². The lowest BCUT2D eigenvalue weighted by atomic mass is 10.0. The Kier molecular flexibility index (Phi) is 5.86. The number of aliphatic hydroxyl groups is 1. The normalized spacial score (nSPS) is 19.6. The summed E-state index contributed by atoms with van der Waals surface area (Å²) in [4.78, 5) is 21.3. The zero-order valence-corrected chi connectivity index (χ0v) is 20.0. The highest BCUT2D eigenvalue weighted by Crippen LogP contribution is 2.36. The standard InChI is InChI=1S/C24H25F4N7O3/c1-12-29-17-4-3-13(7-18(17)34(12)10-19(27)28)21-15(26)9-35-22(21)23(38-2)31-24(32-35)30-16-5-6-33(8-14(16)25)20(37)11-36/h3-4,7,9,14,16,19,36H,5-6,8,10-11H2,1-2H3,(H,30,32)/t14-,16+/m1/s1/i2D3. The molecule has 0 spiro atoms. The molecule has 0 bridgehead atoms. The number of methoxy groups -OCH3 is 1. The van der Waals surface area contributed by atoms with E-state index < -0.39 is 56.4 Å². The highest BCUT2D eigenvalue weighted by Gasteiger charge is 2.32. The lowest BCUT2D eigenvalue weighted by molar-refractivity contribution is -0.136. The van der Waals surface area contributed by atoms with Gasteiger partial charge in [-0.3, -0.25) is 4.79 Å². The number of amides is 1. The molecule has 4 heterocycles. The van der Waals surface area contributed by atoms with Gasteiger partial charge in [-0.15, -0.1) is 5.10 Å². The van der Waals surface area contributed by atoms with Gasteiger partial charge in [-0.1, -0.05) is 6.07 Å². The zero-order chi connectivity index (χ0) is 29.6. The summed E-state index contributed by atoms with van der Waals surface area (Å²) >= 11 is 0. The number of benzene rings is 1. The van der Waals surface area contributed by atoms with E-state index in [2.05, 4.69) is 20.4 Å². The predicted molar refractivity (Wildman–Crippen MR) is 130 cm³/mol. The number of fused-ring (bicyclic) bond motifs is 2. The van der Waals surface area contributed by atoms with Crippen LogP contribution in [0.5, 0.6) is 5.88 Å². The summed E-state index contributed by atoms with van der Waals surface area (Å²) in [5.74, 6) is -1.89. The monoisotopic (exact) mass is 538 g/mol. The number of aryl methyl sites for hydroxylation is 1. The second-order valence-corrected chi connectivity index (χ2v) is 8.91. The van der Waals surface area contributed by atoms with Crippen LogP contribution in [0.15, 0.2) is 24.4 Å². The smallest absolute Gasteiger partial charge is 0.256 e. The predicted octanol–water partition coefficient (Wildman–Crippen LogP) is 2.81. The van der Waals surface area contributed by atoms with E-state index in [4.69, 9.17) is 14.0 Å². The fourth-order valence-electron chi connectivity index (χ4n) is 4.76. The van der Waals surface area contributed by atoms with Crippen LogP contribution in [-0.2, 0) is 11.3 Å². The second kappa shape index (κ2) is 10.1. The lowest BCUT2D eigenvalue weighted by Crippen LogP contribution is -2.50. The van der Waals surface area contributed by atoms with Crippen molar-refractivity contribution in [1.82, 2.24) is 29.0 Å². The minimum absolute atomic E-state index is 0.126. The second-order valence-electron chi connectivity index (χ2n) is 8.91. The molecule has 2 N–H and O–H groups in total. The van der Waals surface area contributed by atoms with E-state index in [9.17, 15) is 18.0 Å². The third-order valence-electron chi connectivity index (χ3n) is 6.54. The molecule has 1 aliphatic heterocycles. The molecule has 5 rings (SSSR count). The van der Waals surface area contributed by atoms with Gasteiger partial charge in [-0.25, -0.2) is 27.1 Å². The molecule has 0 unspecified atom stereocenters. The van der Waals surface area contributed by atoms with Crippen LogP contribution in [0.4, 0.5) is 23.5 Å². The van der Waals surface area contributed by atoms with Gasteiger partial charge in [-0.05, 0) is 31.0 Å². The van der Waals surface area contributed by atoms with Gasteiger partial charge in [0.2, 0.25) is 17.7 Å². The quantitative estimate of drug-likeness (QED) is 0.348. The van der Waals surface area contributed by atoms with Crippen LogP contribution in [0.1, 0.15) is 16.4 Å². The number of nitrogens with one attached hydrogen (secondary N) is 1. The molecule has 1 aromatic carbocycles. The van der Waals surface area contributed by atoms with E-state index >= 15 is 4.39 Å². The highest BCUT2D eigenvalue weighted by molar-refractivity contribution is 5.90. The SMILES string of the molecule is [2H]C([2H])([2H])Oc1nc(N[C@H]2CCN(C(=O)CO)C[C@H]2F)nn2cc(F)c(-c3ccc4nc(C)n(CC(F)F)c4c3)c12. The van der Waals surface area contributed by atoms with Crippen LogP contribution < -0.4 is 10.1 Å². The number of nitrogens with zero attached hydrogens (tertiary/aromatic N) is 6. The molecule has 10 nitrogen and oxygen atoms in total. The van der Waals surface area contributed by atoms with Crippen LogP contribution >= 0.6 is 0 Å². The summed E-state index contributed by atoms with van der Waals surface area (Å²) in [5, 5.41) is 16.0. The number of hydrogen-bond donors (Lipinski definition) is 2. The number of likely N-dealkylation sites (tertiary alicyclic amines) is 1. The van der Waals surface area contributed by atoms with Gasteiger partial charge in [0.05, 0.1) is 53.1 Å². The number of ether oxygens (including phenoxy) is 1. The van der Waals surface area contributed by atoms with Gasteiger partial charge in [0, 0.05) is 6.54 Å². The Balaban J connectivity index is 1.56. The summed E-state index contributed by atoms with van der Waals surface area (Å²) in [7, 11) is -3.00. The molecule has 0 aliphatic carbocycles. The first-order chi connectivity index (χ1) is 19.3. The fourth-order valence-corrected chi connectivity index (χ4v) is 4.76. The van der Waals surface area contributed by atoms with Gasteiger partial charge in [0.1, 0.15) is 24.1 Å². The molecule has 1 aliphatic rings. The molecule has 0 radical (unpaired) electrons. The number of piperidine rings is 1. The topological polar surface area (TPSA) is 110 Å². The van der Waals surface area contributed by atoms with E-state index in [0.29, 0.717) is 16.9 Å². The first kappa shape index (κ1) is 22.1. The minimum Gasteiger partial charge on any atom is -0.479 e. The zero-order valence-electron chi connectivity index (χ0n) is 23.0. The van der Waals surface area contributed by atoms with E-state index in [0.717, 1.165) is 10.7 Å². The minimum atomic E-state index is -3.00. The molecular formula is C24H25F4N7O3. The number of halogens is 4. The van der Waals surface area contributed by atoms with Crippen LogP contribution in [0, 0.1) is 12.7 Å². The Labute approximate surface area is 218 Å². The number of anilines is 1. The van der Waals surface area contributed by atoms with E-state index in [1.54, 1.807) is 6.92 Å². The Morgan fingerprint density at radius 3 is 2.89 bits per heavy atom. The van der Waals surface area contributed by atoms with Crippen molar-refractivity contribution >= 4 is 28.4 Å². The molecular weight excluding hydrogens is 510 g/mol. The molecule has 4 aromatic rings. The van der Waals surface area contributed by atoms with Crippen LogP contribution in [0.2, 0.25) is 0 Å².